The Bertz CT molecular complexity index is 1380. The fourth-order valence-electron chi connectivity index (χ4n) is 7.99. The molecule has 1 aliphatic carbocycles. The zero-order valence-corrected chi connectivity index (χ0v) is 28.6. The Labute approximate surface area is 288 Å². The van der Waals surface area contributed by atoms with Crippen molar-refractivity contribution in [3.63, 3.8) is 0 Å². The van der Waals surface area contributed by atoms with Gasteiger partial charge in [0.2, 0.25) is 0 Å². The van der Waals surface area contributed by atoms with E-state index in [1.165, 1.54) is 59.6 Å². The molecule has 7 rings (SSSR count). The van der Waals surface area contributed by atoms with E-state index in [-0.39, 0.29) is 0 Å². The molecule has 2 N–H and O–H groups in total. The van der Waals surface area contributed by atoms with Crippen LogP contribution >= 0.6 is 0 Å². The van der Waals surface area contributed by atoms with Crippen molar-refractivity contribution < 1.29 is 0 Å². The van der Waals surface area contributed by atoms with Gasteiger partial charge < -0.3 is 30.2 Å². The van der Waals surface area contributed by atoms with Gasteiger partial charge in [-0.15, -0.1) is 0 Å². The third-order valence-corrected chi connectivity index (χ3v) is 10.8. The van der Waals surface area contributed by atoms with Crippen LogP contribution in [0.2, 0.25) is 0 Å². The fraction of sp³-hybridized carbons (Fsp3) is 0.429. The highest BCUT2D eigenvalue weighted by atomic mass is 15.3. The second kappa shape index (κ2) is 16.4. The maximum Gasteiger partial charge on any atom is 0.0367 e. The summed E-state index contributed by atoms with van der Waals surface area (Å²) in [5.41, 5.74) is 8.15. The number of benzene rings is 4. The number of piperazine rings is 2. The number of nitrogens with zero attached hydrogens (tertiary/aromatic N) is 4. The van der Waals surface area contributed by atoms with E-state index in [9.17, 15) is 0 Å². The maximum absolute atomic E-state index is 3.79. The highest BCUT2D eigenvalue weighted by Gasteiger charge is 2.22. The van der Waals surface area contributed by atoms with Crippen molar-refractivity contribution in [2.75, 3.05) is 85.0 Å². The van der Waals surface area contributed by atoms with E-state index < -0.39 is 0 Å². The summed E-state index contributed by atoms with van der Waals surface area (Å²) >= 11 is 0. The van der Waals surface area contributed by atoms with Crippen LogP contribution < -0.4 is 30.2 Å². The molecular formula is C42H54N6. The minimum atomic E-state index is 0.785. The predicted molar refractivity (Wildman–Crippen MR) is 203 cm³/mol. The summed E-state index contributed by atoms with van der Waals surface area (Å²) in [5, 5.41) is 7.58. The van der Waals surface area contributed by atoms with E-state index in [1.807, 2.05) is 0 Å². The highest BCUT2D eigenvalue weighted by molar-refractivity contribution is 5.53. The molecule has 3 aliphatic rings. The van der Waals surface area contributed by atoms with Crippen LogP contribution in [0, 0.1) is 11.8 Å². The Hall–Kier alpha value is -4.00. The summed E-state index contributed by atoms with van der Waals surface area (Å²) in [6, 6.07) is 40.1. The smallest absolute Gasteiger partial charge is 0.0367 e. The third kappa shape index (κ3) is 8.72. The van der Waals surface area contributed by atoms with Gasteiger partial charge in [0.25, 0.3) is 0 Å². The molecule has 2 heterocycles. The molecule has 0 aromatic heterocycles. The average Bonchev–Trinajstić information content (AvgIpc) is 3.16. The minimum Gasteiger partial charge on any atom is -0.368 e. The topological polar surface area (TPSA) is 37.0 Å². The lowest BCUT2D eigenvalue weighted by atomic mass is 9.81. The van der Waals surface area contributed by atoms with Crippen LogP contribution in [0.15, 0.2) is 109 Å². The number of hydrogen-bond donors (Lipinski definition) is 2. The molecule has 2 saturated heterocycles. The molecule has 2 atom stereocenters. The molecule has 0 spiro atoms. The molecule has 0 radical (unpaired) electrons. The van der Waals surface area contributed by atoms with Gasteiger partial charge in [-0.2, -0.15) is 0 Å². The van der Waals surface area contributed by atoms with Crippen LogP contribution in [0.3, 0.4) is 0 Å². The van der Waals surface area contributed by atoms with Crippen LogP contribution in [0.1, 0.15) is 36.8 Å². The zero-order valence-electron chi connectivity index (χ0n) is 28.6. The molecular weight excluding hydrogens is 589 g/mol. The van der Waals surface area contributed by atoms with Gasteiger partial charge in [0.15, 0.2) is 0 Å². The van der Waals surface area contributed by atoms with Crippen LogP contribution in [-0.2, 0) is 13.1 Å². The van der Waals surface area contributed by atoms with Crippen LogP contribution in [0.25, 0.3) is 0 Å². The predicted octanol–water partition coefficient (Wildman–Crippen LogP) is 7.03. The second-order valence-electron chi connectivity index (χ2n) is 14.1. The van der Waals surface area contributed by atoms with Gasteiger partial charge in [0, 0.05) is 88.2 Å². The first-order chi connectivity index (χ1) is 23.8. The summed E-state index contributed by atoms with van der Waals surface area (Å²) in [6.45, 7) is 12.8. The Kier molecular flexibility index (Phi) is 11.1. The third-order valence-electron chi connectivity index (χ3n) is 10.8. The molecule has 6 heteroatoms. The van der Waals surface area contributed by atoms with Crippen molar-refractivity contribution in [3.05, 3.63) is 120 Å². The standard InChI is InChI=1S/C42H54N6/c1-3-10-39(11-4-1)45-22-26-47(27-23-45)41-18-14-35(15-19-41)31-43-33-37-8-7-9-38(30-37)34-44-32-36-16-20-42(21-17-36)48-28-24-46(25-29-48)40-12-5-2-6-13-40/h1-6,10-21,37-38,43-44H,7-9,22-34H2. The fourth-order valence-corrected chi connectivity index (χ4v) is 7.99. The van der Waals surface area contributed by atoms with Gasteiger partial charge in [-0.05, 0) is 104 Å². The van der Waals surface area contributed by atoms with Gasteiger partial charge in [-0.1, -0.05) is 67.1 Å². The van der Waals surface area contributed by atoms with Gasteiger partial charge in [0.05, 0.1) is 0 Å². The number of nitrogens with one attached hydrogen (secondary N) is 2. The molecule has 4 aromatic carbocycles. The van der Waals surface area contributed by atoms with Crippen molar-refractivity contribution in [1.82, 2.24) is 10.6 Å². The second-order valence-corrected chi connectivity index (χ2v) is 14.1. The first-order valence-electron chi connectivity index (χ1n) is 18.5. The van der Waals surface area contributed by atoms with Crippen molar-refractivity contribution in [2.45, 2.75) is 38.8 Å². The van der Waals surface area contributed by atoms with E-state index in [0.29, 0.717) is 0 Å². The number of para-hydroxylation sites is 2. The molecule has 4 aromatic rings. The minimum absolute atomic E-state index is 0.785. The molecule has 48 heavy (non-hydrogen) atoms. The van der Waals surface area contributed by atoms with E-state index >= 15 is 0 Å². The largest absolute Gasteiger partial charge is 0.368 e. The quantitative estimate of drug-likeness (QED) is 0.173. The van der Waals surface area contributed by atoms with E-state index in [2.05, 4.69) is 139 Å². The van der Waals surface area contributed by atoms with Crippen molar-refractivity contribution in [2.24, 2.45) is 11.8 Å². The van der Waals surface area contributed by atoms with Gasteiger partial charge >= 0.3 is 0 Å². The first kappa shape index (κ1) is 32.5. The highest BCUT2D eigenvalue weighted by Crippen LogP contribution is 2.29. The Balaban J connectivity index is 0.777. The number of hydrogen-bond acceptors (Lipinski definition) is 6. The molecule has 2 unspecified atom stereocenters. The summed E-state index contributed by atoms with van der Waals surface area (Å²) in [7, 11) is 0. The van der Waals surface area contributed by atoms with Crippen LogP contribution in [0.5, 0.6) is 0 Å². The molecule has 3 fully saturated rings. The van der Waals surface area contributed by atoms with Crippen LogP contribution in [0.4, 0.5) is 22.7 Å². The normalized spacial score (nSPS) is 20.2. The lowest BCUT2D eigenvalue weighted by Crippen LogP contribution is -2.46. The lowest BCUT2D eigenvalue weighted by molar-refractivity contribution is 0.252. The van der Waals surface area contributed by atoms with E-state index in [0.717, 1.165) is 90.4 Å². The Morgan fingerprint density at radius 3 is 1.10 bits per heavy atom. The molecule has 2 aliphatic heterocycles. The molecule has 1 saturated carbocycles. The summed E-state index contributed by atoms with van der Waals surface area (Å²) in [4.78, 5) is 10.0. The van der Waals surface area contributed by atoms with Gasteiger partial charge in [0.1, 0.15) is 0 Å². The average molecular weight is 643 g/mol. The zero-order chi connectivity index (χ0) is 32.4. The summed E-state index contributed by atoms with van der Waals surface area (Å²) in [5.74, 6) is 1.57. The maximum atomic E-state index is 3.79. The SMILES string of the molecule is c1ccc(N2CCN(c3ccc(CNCC4CCCC(CNCc5ccc(N6CCN(c7ccccc7)CC6)cc5)C4)cc3)CC2)cc1. The van der Waals surface area contributed by atoms with Crippen molar-refractivity contribution in [1.29, 1.82) is 0 Å². The van der Waals surface area contributed by atoms with Gasteiger partial charge in [-0.25, -0.2) is 0 Å². The van der Waals surface area contributed by atoms with Crippen LogP contribution in [-0.4, -0.2) is 65.4 Å². The van der Waals surface area contributed by atoms with Crippen molar-refractivity contribution in [3.8, 4) is 0 Å². The summed E-state index contributed by atoms with van der Waals surface area (Å²) in [6.07, 6.45) is 5.41. The lowest BCUT2D eigenvalue weighted by Gasteiger charge is -2.37. The molecule has 0 amide bonds. The summed E-state index contributed by atoms with van der Waals surface area (Å²) < 4.78 is 0. The molecule has 252 valence electrons. The molecule has 0 bridgehead atoms. The Morgan fingerprint density at radius 2 is 0.750 bits per heavy atom. The monoisotopic (exact) mass is 642 g/mol. The first-order valence-corrected chi connectivity index (χ1v) is 18.5. The van der Waals surface area contributed by atoms with Crippen molar-refractivity contribution >= 4 is 22.7 Å². The number of rotatable bonds is 12. The molecule has 6 nitrogen and oxygen atoms in total. The van der Waals surface area contributed by atoms with E-state index in [4.69, 9.17) is 0 Å². The van der Waals surface area contributed by atoms with Gasteiger partial charge in [-0.3, -0.25) is 0 Å². The van der Waals surface area contributed by atoms with E-state index in [1.54, 1.807) is 0 Å². The Morgan fingerprint density at radius 1 is 0.417 bits per heavy atom. The number of anilines is 4.